The Balaban J connectivity index is 1.20. The summed E-state index contributed by atoms with van der Waals surface area (Å²) in [6.45, 7) is 2.39. The molecule has 244 valence electrons. The quantitative estimate of drug-likeness (QED) is 0.195. The third kappa shape index (κ3) is 7.14. The number of benzene rings is 3. The first-order chi connectivity index (χ1) is 22.4. The number of aromatic nitrogens is 1. The lowest BCUT2D eigenvalue weighted by Gasteiger charge is -2.34. The van der Waals surface area contributed by atoms with Gasteiger partial charge < -0.3 is 19.5 Å². The maximum Gasteiger partial charge on any atom is 0.362 e. The number of alkyl halides is 3. The molecule has 3 heterocycles. The van der Waals surface area contributed by atoms with Crippen LogP contribution in [0.3, 0.4) is 0 Å². The first kappa shape index (κ1) is 33.3. The molecule has 8 nitrogen and oxygen atoms in total. The number of carbonyl (C=O) groups excluding carboxylic acids is 2. The van der Waals surface area contributed by atoms with Crippen molar-refractivity contribution in [3.63, 3.8) is 0 Å². The molecule has 0 radical (unpaired) electrons. The summed E-state index contributed by atoms with van der Waals surface area (Å²) in [5.74, 6) is 0.0640. The summed E-state index contributed by atoms with van der Waals surface area (Å²) in [5, 5.41) is -3.45. The molecule has 1 aromatic heterocycles. The standard InChI is InChI=1S/C33H27Cl3F2N4O4S/c1-46-23-9-5-19(6-10-23)15-40-11-12-42(28(43)18-40)22-8-7-20-16-41(17-21(20)13-22)32(45)29-26(14-27(33(36,37)38)39-31(29)44)47-30-24(34)3-2-4-25(30)35/h2-10,13-14H,11-12,15-18H2,1H3,(H,39,44). The molecular weight excluding hydrogens is 693 g/mol. The summed E-state index contributed by atoms with van der Waals surface area (Å²) < 4.78 is 33.4. The number of H-pyrrole nitrogens is 1. The molecule has 4 aromatic rings. The molecule has 2 amide bonds. The number of halogens is 5. The van der Waals surface area contributed by atoms with Gasteiger partial charge in [0.2, 0.25) is 5.91 Å². The molecule has 14 heteroatoms. The summed E-state index contributed by atoms with van der Waals surface area (Å²) in [6.07, 6.45) is 0. The molecule has 1 fully saturated rings. The van der Waals surface area contributed by atoms with Crippen molar-refractivity contribution in [1.82, 2.24) is 14.8 Å². The predicted octanol–water partition coefficient (Wildman–Crippen LogP) is 7.13. The molecule has 2 aliphatic heterocycles. The molecule has 1 saturated heterocycles. The van der Waals surface area contributed by atoms with E-state index in [9.17, 15) is 23.2 Å². The highest BCUT2D eigenvalue weighted by atomic mass is 35.5. The average molecular weight is 720 g/mol. The van der Waals surface area contributed by atoms with Gasteiger partial charge in [-0.25, -0.2) is 0 Å². The van der Waals surface area contributed by atoms with Crippen molar-refractivity contribution in [3.8, 4) is 5.75 Å². The number of nitrogens with one attached hydrogen (secondary N) is 1. The molecule has 1 N–H and O–H groups in total. The Hall–Kier alpha value is -3.61. The smallest absolute Gasteiger partial charge is 0.362 e. The summed E-state index contributed by atoms with van der Waals surface area (Å²) in [4.78, 5) is 47.8. The van der Waals surface area contributed by atoms with E-state index >= 15 is 0 Å². The van der Waals surface area contributed by atoms with Gasteiger partial charge in [0.1, 0.15) is 17.0 Å². The van der Waals surface area contributed by atoms with Crippen LogP contribution in [0.5, 0.6) is 5.75 Å². The van der Waals surface area contributed by atoms with E-state index in [1.54, 1.807) is 30.2 Å². The van der Waals surface area contributed by atoms with Crippen molar-refractivity contribution < 1.29 is 23.1 Å². The Bertz CT molecular complexity index is 1900. The van der Waals surface area contributed by atoms with E-state index in [1.165, 1.54) is 4.90 Å². The van der Waals surface area contributed by atoms with Crippen molar-refractivity contribution in [1.29, 1.82) is 0 Å². The number of hydrogen-bond acceptors (Lipinski definition) is 6. The van der Waals surface area contributed by atoms with Crippen molar-refractivity contribution in [2.45, 2.75) is 34.8 Å². The average Bonchev–Trinajstić information content (AvgIpc) is 3.46. The zero-order chi connectivity index (χ0) is 33.5. The highest BCUT2D eigenvalue weighted by molar-refractivity contribution is 7.99. The molecule has 0 spiro atoms. The van der Waals surface area contributed by atoms with Crippen LogP contribution in [-0.4, -0.2) is 53.3 Å². The summed E-state index contributed by atoms with van der Waals surface area (Å²) in [7, 11) is 1.62. The van der Waals surface area contributed by atoms with Gasteiger partial charge >= 0.3 is 5.38 Å². The third-order valence-electron chi connectivity index (χ3n) is 8.02. The number of pyridine rings is 1. The second kappa shape index (κ2) is 13.5. The Morgan fingerprint density at radius 2 is 1.66 bits per heavy atom. The maximum atomic E-state index is 14.1. The van der Waals surface area contributed by atoms with Gasteiger partial charge in [-0.2, -0.15) is 8.78 Å². The van der Waals surface area contributed by atoms with Crippen molar-refractivity contribution in [3.05, 3.63) is 115 Å². The zero-order valence-corrected chi connectivity index (χ0v) is 28.0. The van der Waals surface area contributed by atoms with Crippen molar-refractivity contribution in [2.24, 2.45) is 0 Å². The Morgan fingerprint density at radius 1 is 0.957 bits per heavy atom. The van der Waals surface area contributed by atoms with Gasteiger partial charge in [-0.15, -0.1) is 0 Å². The Kier molecular flexibility index (Phi) is 9.55. The number of anilines is 1. The Morgan fingerprint density at radius 3 is 2.32 bits per heavy atom. The van der Waals surface area contributed by atoms with E-state index in [1.807, 2.05) is 42.5 Å². The van der Waals surface area contributed by atoms with E-state index in [-0.39, 0.29) is 46.0 Å². The minimum atomic E-state index is -3.89. The second-order valence-corrected chi connectivity index (χ2v) is 13.5. The SMILES string of the molecule is COc1ccc(CN2CCN(c3ccc4c(c3)CN(C(=O)c3c(Sc5c(Cl)cccc5Cl)cc(C(F)(F)Cl)[nH]c3=O)C4)C(=O)C2)cc1. The van der Waals surface area contributed by atoms with Gasteiger partial charge in [0, 0.05) is 48.2 Å². The van der Waals surface area contributed by atoms with Crippen molar-refractivity contribution >= 4 is 64.1 Å². The fraction of sp³-hybridized carbons (Fsp3) is 0.242. The highest BCUT2D eigenvalue weighted by Gasteiger charge is 2.35. The Labute approximate surface area is 288 Å². The number of ether oxygens (including phenoxy) is 1. The lowest BCUT2D eigenvalue weighted by atomic mass is 10.1. The summed E-state index contributed by atoms with van der Waals surface area (Å²) in [5.41, 5.74) is 1.22. The summed E-state index contributed by atoms with van der Waals surface area (Å²) >= 11 is 18.7. The summed E-state index contributed by atoms with van der Waals surface area (Å²) in [6, 6.07) is 19.0. The molecule has 0 aliphatic carbocycles. The zero-order valence-electron chi connectivity index (χ0n) is 24.9. The van der Waals surface area contributed by atoms with Gasteiger partial charge in [0.05, 0.1) is 23.7 Å². The minimum absolute atomic E-state index is 0.0433. The number of fused-ring (bicyclic) bond motifs is 1. The minimum Gasteiger partial charge on any atom is -0.497 e. The van der Waals surface area contributed by atoms with Crippen LogP contribution in [0.2, 0.25) is 10.0 Å². The van der Waals surface area contributed by atoms with Crippen LogP contribution < -0.4 is 15.2 Å². The van der Waals surface area contributed by atoms with Crippen LogP contribution in [0.15, 0.2) is 81.3 Å². The number of nitrogens with zero attached hydrogens (tertiary/aromatic N) is 3. The normalized spacial score (nSPS) is 15.2. The number of amides is 2. The van der Waals surface area contributed by atoms with Crippen LogP contribution in [0.1, 0.15) is 32.7 Å². The van der Waals surface area contributed by atoms with Crippen molar-refractivity contribution in [2.75, 3.05) is 31.6 Å². The van der Waals surface area contributed by atoms with E-state index in [0.29, 0.717) is 30.2 Å². The largest absolute Gasteiger partial charge is 0.497 e. The van der Waals surface area contributed by atoms with Gasteiger partial charge in [0.15, 0.2) is 0 Å². The van der Waals surface area contributed by atoms with Gasteiger partial charge in [-0.3, -0.25) is 19.3 Å². The number of aromatic amines is 1. The topological polar surface area (TPSA) is 85.9 Å². The van der Waals surface area contributed by atoms with Crippen LogP contribution >= 0.6 is 46.6 Å². The number of methoxy groups -OCH3 is 1. The van der Waals surface area contributed by atoms with Crippen LogP contribution in [0, 0.1) is 0 Å². The molecule has 2 aliphatic rings. The van der Waals surface area contributed by atoms with E-state index < -0.39 is 22.5 Å². The monoisotopic (exact) mass is 718 g/mol. The molecular formula is C33H27Cl3F2N4O4S. The number of hydrogen-bond donors (Lipinski definition) is 1. The second-order valence-electron chi connectivity index (χ2n) is 11.1. The first-order valence-electron chi connectivity index (χ1n) is 14.4. The molecule has 3 aromatic carbocycles. The molecule has 47 heavy (non-hydrogen) atoms. The van der Waals surface area contributed by atoms with Crippen LogP contribution in [0.25, 0.3) is 0 Å². The lowest BCUT2D eigenvalue weighted by molar-refractivity contribution is -0.121. The highest BCUT2D eigenvalue weighted by Crippen LogP contribution is 2.42. The maximum absolute atomic E-state index is 14.1. The number of piperazine rings is 1. The fourth-order valence-electron chi connectivity index (χ4n) is 5.63. The first-order valence-corrected chi connectivity index (χ1v) is 16.4. The predicted molar refractivity (Wildman–Crippen MR) is 178 cm³/mol. The van der Waals surface area contributed by atoms with Crippen LogP contribution in [0.4, 0.5) is 14.5 Å². The van der Waals surface area contributed by atoms with E-state index in [4.69, 9.17) is 39.5 Å². The van der Waals surface area contributed by atoms with Crippen LogP contribution in [-0.2, 0) is 29.8 Å². The molecule has 0 unspecified atom stereocenters. The lowest BCUT2D eigenvalue weighted by Crippen LogP contribution is -2.50. The van der Waals surface area contributed by atoms with Gasteiger partial charge in [0.25, 0.3) is 11.5 Å². The molecule has 0 saturated carbocycles. The fourth-order valence-corrected chi connectivity index (χ4v) is 7.37. The number of rotatable bonds is 8. The molecule has 0 atom stereocenters. The molecule has 0 bridgehead atoms. The number of carbonyl (C=O) groups is 2. The van der Waals surface area contributed by atoms with E-state index in [0.717, 1.165) is 40.3 Å². The van der Waals surface area contributed by atoms with E-state index in [2.05, 4.69) is 9.88 Å². The third-order valence-corrected chi connectivity index (χ3v) is 10.3. The molecule has 6 rings (SSSR count). The van der Waals surface area contributed by atoms with Gasteiger partial charge in [-0.1, -0.05) is 59.2 Å². The van der Waals surface area contributed by atoms with Gasteiger partial charge in [-0.05, 0) is 70.8 Å².